The number of carbonyl (C=O) groups is 1. The highest BCUT2D eigenvalue weighted by atomic mass is 32.2. The molecule has 2 heterocycles. The standard InChI is InChI=1S/C11H13N5O4S/c1-7(2)16-6-8(5-9(16)10(17)18)21(19,20)15-11-12-3-4-13-14-11/h3-7H,1-2H3,(H,17,18)(H,12,14,15). The average Bonchev–Trinajstić information content (AvgIpc) is 2.85. The van der Waals surface area contributed by atoms with Crippen LogP contribution in [0.5, 0.6) is 0 Å². The Morgan fingerprint density at radius 3 is 2.57 bits per heavy atom. The van der Waals surface area contributed by atoms with Gasteiger partial charge in [0.2, 0.25) is 0 Å². The molecule has 0 saturated heterocycles. The third-order valence-corrected chi connectivity index (χ3v) is 3.91. The molecular weight excluding hydrogens is 298 g/mol. The van der Waals surface area contributed by atoms with Crippen LogP contribution < -0.4 is 4.72 Å². The normalized spacial score (nSPS) is 11.6. The Kier molecular flexibility index (Phi) is 3.89. The lowest BCUT2D eigenvalue weighted by Crippen LogP contribution is -2.14. The molecule has 10 heteroatoms. The number of aromatic nitrogens is 4. The molecule has 0 bridgehead atoms. The van der Waals surface area contributed by atoms with Gasteiger partial charge >= 0.3 is 5.97 Å². The van der Waals surface area contributed by atoms with Crippen LogP contribution in [-0.4, -0.2) is 39.2 Å². The van der Waals surface area contributed by atoms with Crippen molar-refractivity contribution in [3.05, 3.63) is 30.4 Å². The first-order valence-corrected chi connectivity index (χ1v) is 7.41. The average molecular weight is 311 g/mol. The van der Waals surface area contributed by atoms with Crippen LogP contribution in [0, 0.1) is 0 Å². The summed E-state index contributed by atoms with van der Waals surface area (Å²) in [7, 11) is -3.98. The topological polar surface area (TPSA) is 127 Å². The summed E-state index contributed by atoms with van der Waals surface area (Å²) < 4.78 is 27.9. The second-order valence-corrected chi connectivity index (χ2v) is 6.12. The van der Waals surface area contributed by atoms with E-state index in [0.717, 1.165) is 6.07 Å². The summed E-state index contributed by atoms with van der Waals surface area (Å²) in [6.45, 7) is 3.50. The van der Waals surface area contributed by atoms with Crippen LogP contribution in [0.3, 0.4) is 0 Å². The number of hydrogen-bond donors (Lipinski definition) is 2. The Hall–Kier alpha value is -2.49. The number of nitrogens with zero attached hydrogens (tertiary/aromatic N) is 4. The number of sulfonamides is 1. The fourth-order valence-corrected chi connectivity index (χ4v) is 2.64. The minimum Gasteiger partial charge on any atom is -0.477 e. The summed E-state index contributed by atoms with van der Waals surface area (Å²) in [6.07, 6.45) is 3.84. The highest BCUT2D eigenvalue weighted by Crippen LogP contribution is 2.20. The van der Waals surface area contributed by atoms with Crippen LogP contribution in [0.25, 0.3) is 0 Å². The quantitative estimate of drug-likeness (QED) is 0.834. The molecule has 0 unspecified atom stereocenters. The Morgan fingerprint density at radius 2 is 2.10 bits per heavy atom. The summed E-state index contributed by atoms with van der Waals surface area (Å²) >= 11 is 0. The molecule has 2 N–H and O–H groups in total. The minimum absolute atomic E-state index is 0.113. The number of hydrogen-bond acceptors (Lipinski definition) is 6. The number of carboxylic acids is 1. The molecule has 0 fully saturated rings. The van der Waals surface area contributed by atoms with Gasteiger partial charge in [-0.2, -0.15) is 5.10 Å². The second kappa shape index (κ2) is 5.48. The molecule has 0 amide bonds. The van der Waals surface area contributed by atoms with E-state index >= 15 is 0 Å². The predicted molar refractivity (Wildman–Crippen MR) is 72.4 cm³/mol. The van der Waals surface area contributed by atoms with Crippen molar-refractivity contribution in [1.82, 2.24) is 19.7 Å². The van der Waals surface area contributed by atoms with Gasteiger partial charge in [0.25, 0.3) is 16.0 Å². The lowest BCUT2D eigenvalue weighted by atomic mass is 10.3. The fourth-order valence-electron chi connectivity index (χ4n) is 1.67. The molecule has 0 saturated carbocycles. The van der Waals surface area contributed by atoms with Crippen molar-refractivity contribution in [2.45, 2.75) is 24.8 Å². The first-order valence-electron chi connectivity index (χ1n) is 5.93. The maximum absolute atomic E-state index is 12.2. The largest absolute Gasteiger partial charge is 0.477 e. The highest BCUT2D eigenvalue weighted by Gasteiger charge is 2.23. The van der Waals surface area contributed by atoms with Crippen molar-refractivity contribution in [2.24, 2.45) is 0 Å². The Morgan fingerprint density at radius 1 is 1.38 bits per heavy atom. The van der Waals surface area contributed by atoms with Crippen LogP contribution in [0.15, 0.2) is 29.6 Å². The van der Waals surface area contributed by atoms with Gasteiger partial charge in [-0.1, -0.05) is 0 Å². The van der Waals surface area contributed by atoms with Crippen molar-refractivity contribution in [3.8, 4) is 0 Å². The molecule has 9 nitrogen and oxygen atoms in total. The summed E-state index contributed by atoms with van der Waals surface area (Å²) in [6, 6.07) is 0.885. The SMILES string of the molecule is CC(C)n1cc(S(=O)(=O)Nc2nccnn2)cc1C(=O)O. The fraction of sp³-hybridized carbons (Fsp3) is 0.273. The molecule has 0 aliphatic rings. The molecule has 2 aromatic rings. The molecule has 0 radical (unpaired) electrons. The van der Waals surface area contributed by atoms with Crippen molar-refractivity contribution in [2.75, 3.05) is 4.72 Å². The lowest BCUT2D eigenvalue weighted by Gasteiger charge is -2.09. The number of nitrogens with one attached hydrogen (secondary N) is 1. The molecule has 0 spiro atoms. The van der Waals surface area contributed by atoms with Gasteiger partial charge in [-0.3, -0.25) is 0 Å². The first-order chi connectivity index (χ1) is 9.81. The van der Waals surface area contributed by atoms with Gasteiger partial charge in [-0.05, 0) is 19.9 Å². The molecule has 21 heavy (non-hydrogen) atoms. The smallest absolute Gasteiger partial charge is 0.352 e. The van der Waals surface area contributed by atoms with Crippen LogP contribution in [-0.2, 0) is 10.0 Å². The van der Waals surface area contributed by atoms with Crippen LogP contribution in [0.4, 0.5) is 5.95 Å². The van der Waals surface area contributed by atoms with Crippen molar-refractivity contribution < 1.29 is 18.3 Å². The van der Waals surface area contributed by atoms with E-state index in [2.05, 4.69) is 19.9 Å². The van der Waals surface area contributed by atoms with Crippen LogP contribution in [0.1, 0.15) is 30.4 Å². The van der Waals surface area contributed by atoms with Gasteiger partial charge in [0.1, 0.15) is 10.6 Å². The van der Waals surface area contributed by atoms with Gasteiger partial charge in [-0.15, -0.1) is 5.10 Å². The Balaban J connectivity index is 2.41. The summed E-state index contributed by atoms with van der Waals surface area (Å²) in [5.41, 5.74) is -0.113. The number of carboxylic acid groups (broad SMARTS) is 1. The Bertz CT molecular complexity index is 754. The van der Waals surface area contributed by atoms with E-state index in [1.165, 1.54) is 23.2 Å². The monoisotopic (exact) mass is 311 g/mol. The maximum Gasteiger partial charge on any atom is 0.352 e. The summed E-state index contributed by atoms with van der Waals surface area (Å²) in [5, 5.41) is 16.1. The third kappa shape index (κ3) is 3.16. The maximum atomic E-state index is 12.2. The van der Waals surface area contributed by atoms with E-state index < -0.39 is 16.0 Å². The molecule has 112 valence electrons. The highest BCUT2D eigenvalue weighted by molar-refractivity contribution is 7.92. The third-order valence-electron chi connectivity index (χ3n) is 2.62. The van der Waals surface area contributed by atoms with Crippen molar-refractivity contribution in [1.29, 1.82) is 0 Å². The molecule has 0 aliphatic heterocycles. The van der Waals surface area contributed by atoms with Gasteiger partial charge < -0.3 is 9.67 Å². The van der Waals surface area contributed by atoms with E-state index in [1.807, 2.05) is 0 Å². The van der Waals surface area contributed by atoms with Gasteiger partial charge in [0.15, 0.2) is 0 Å². The van der Waals surface area contributed by atoms with E-state index in [0.29, 0.717) is 0 Å². The van der Waals surface area contributed by atoms with E-state index in [9.17, 15) is 13.2 Å². The predicted octanol–water partition coefficient (Wildman–Crippen LogP) is 0.753. The molecule has 2 rings (SSSR count). The molecule has 2 aromatic heterocycles. The molecular formula is C11H13N5O4S. The zero-order valence-electron chi connectivity index (χ0n) is 11.3. The zero-order valence-corrected chi connectivity index (χ0v) is 12.1. The van der Waals surface area contributed by atoms with Crippen molar-refractivity contribution in [3.63, 3.8) is 0 Å². The van der Waals surface area contributed by atoms with Gasteiger partial charge in [0, 0.05) is 12.2 Å². The zero-order chi connectivity index (χ0) is 15.6. The number of anilines is 1. The Labute approximate surface area is 120 Å². The van der Waals surface area contributed by atoms with Crippen LogP contribution >= 0.6 is 0 Å². The number of rotatable bonds is 5. The first kappa shape index (κ1) is 14.9. The summed E-state index contributed by atoms with van der Waals surface area (Å²) in [5.74, 6) is -1.39. The summed E-state index contributed by atoms with van der Waals surface area (Å²) in [4.78, 5) is 14.7. The molecule has 0 atom stereocenters. The second-order valence-electron chi connectivity index (χ2n) is 4.44. The molecule has 0 aromatic carbocycles. The minimum atomic E-state index is -3.98. The lowest BCUT2D eigenvalue weighted by molar-refractivity contribution is 0.0683. The van der Waals surface area contributed by atoms with Gasteiger partial charge in [0.05, 0.1) is 12.4 Å². The molecule has 0 aliphatic carbocycles. The van der Waals surface area contributed by atoms with Gasteiger partial charge in [-0.25, -0.2) is 22.9 Å². The van der Waals surface area contributed by atoms with E-state index in [1.54, 1.807) is 13.8 Å². The van der Waals surface area contributed by atoms with E-state index in [-0.39, 0.29) is 22.6 Å². The van der Waals surface area contributed by atoms with Crippen LogP contribution in [0.2, 0.25) is 0 Å². The van der Waals surface area contributed by atoms with E-state index in [4.69, 9.17) is 5.11 Å². The van der Waals surface area contributed by atoms with Crippen molar-refractivity contribution >= 4 is 21.9 Å². The number of aromatic carboxylic acids is 1.